The first-order valence-electron chi connectivity index (χ1n) is 9.51. The van der Waals surface area contributed by atoms with E-state index in [4.69, 9.17) is 4.74 Å². The molecule has 0 bridgehead atoms. The molecule has 0 aliphatic carbocycles. The van der Waals surface area contributed by atoms with Gasteiger partial charge in [0.25, 0.3) is 0 Å². The SMILES string of the molecule is CCOC(CCNC(=NC)NCCN1CCN(C(C)=O)CC1)C(C)C. The Labute approximate surface area is 153 Å². The van der Waals surface area contributed by atoms with E-state index in [-0.39, 0.29) is 12.0 Å². The van der Waals surface area contributed by atoms with E-state index in [1.165, 1.54) is 0 Å². The van der Waals surface area contributed by atoms with Crippen LogP contribution in [0.5, 0.6) is 0 Å². The van der Waals surface area contributed by atoms with E-state index in [1.54, 1.807) is 14.0 Å². The van der Waals surface area contributed by atoms with Crippen LogP contribution in [0.3, 0.4) is 0 Å². The van der Waals surface area contributed by atoms with Gasteiger partial charge in [-0.3, -0.25) is 14.7 Å². The maximum absolute atomic E-state index is 11.3. The van der Waals surface area contributed by atoms with E-state index in [0.717, 1.165) is 64.8 Å². The number of carbonyl (C=O) groups is 1. The van der Waals surface area contributed by atoms with Crippen molar-refractivity contribution in [3.05, 3.63) is 0 Å². The quantitative estimate of drug-likeness (QED) is 0.472. The lowest BCUT2D eigenvalue weighted by Gasteiger charge is -2.34. The largest absolute Gasteiger partial charge is 0.378 e. The smallest absolute Gasteiger partial charge is 0.219 e. The van der Waals surface area contributed by atoms with Crippen LogP contribution in [0.1, 0.15) is 34.1 Å². The van der Waals surface area contributed by atoms with Gasteiger partial charge in [-0.05, 0) is 19.3 Å². The lowest BCUT2D eigenvalue weighted by atomic mass is 10.0. The summed E-state index contributed by atoms with van der Waals surface area (Å²) < 4.78 is 5.77. The zero-order valence-corrected chi connectivity index (χ0v) is 16.7. The van der Waals surface area contributed by atoms with Crippen LogP contribution in [0.25, 0.3) is 0 Å². The van der Waals surface area contributed by atoms with Crippen LogP contribution in [-0.4, -0.2) is 87.2 Å². The number of hydrogen-bond donors (Lipinski definition) is 2. The molecule has 1 aliphatic rings. The molecule has 1 amide bonds. The molecule has 0 radical (unpaired) electrons. The molecule has 7 nitrogen and oxygen atoms in total. The van der Waals surface area contributed by atoms with E-state index in [0.29, 0.717) is 5.92 Å². The number of nitrogens with one attached hydrogen (secondary N) is 2. The molecule has 0 aromatic rings. The minimum atomic E-state index is 0.175. The predicted octanol–water partition coefficient (Wildman–Crippen LogP) is 0.767. The molecule has 2 N–H and O–H groups in total. The van der Waals surface area contributed by atoms with Crippen molar-refractivity contribution in [3.63, 3.8) is 0 Å². The molecule has 0 aromatic carbocycles. The van der Waals surface area contributed by atoms with Gasteiger partial charge in [-0.1, -0.05) is 13.8 Å². The molecule has 25 heavy (non-hydrogen) atoms. The van der Waals surface area contributed by atoms with Crippen molar-refractivity contribution in [1.82, 2.24) is 20.4 Å². The molecule has 1 rings (SSSR count). The molecule has 7 heteroatoms. The molecule has 1 aliphatic heterocycles. The lowest BCUT2D eigenvalue weighted by Crippen LogP contribution is -2.50. The molecule has 0 spiro atoms. The fourth-order valence-corrected chi connectivity index (χ4v) is 3.00. The number of piperazine rings is 1. The highest BCUT2D eigenvalue weighted by atomic mass is 16.5. The maximum Gasteiger partial charge on any atom is 0.219 e. The van der Waals surface area contributed by atoms with E-state index in [9.17, 15) is 4.79 Å². The van der Waals surface area contributed by atoms with Crippen LogP contribution in [0.15, 0.2) is 4.99 Å². The molecule has 146 valence electrons. The summed E-state index contributed by atoms with van der Waals surface area (Å²) in [5, 5.41) is 6.72. The summed E-state index contributed by atoms with van der Waals surface area (Å²) in [6.07, 6.45) is 1.26. The predicted molar refractivity (Wildman–Crippen MR) is 103 cm³/mol. The number of aliphatic imine (C=N–C) groups is 1. The molecule has 1 atom stereocenters. The second kappa shape index (κ2) is 12.1. The first kappa shape index (κ1) is 21.7. The monoisotopic (exact) mass is 355 g/mol. The van der Waals surface area contributed by atoms with Gasteiger partial charge < -0.3 is 20.3 Å². The summed E-state index contributed by atoms with van der Waals surface area (Å²) in [5.41, 5.74) is 0. The minimum Gasteiger partial charge on any atom is -0.378 e. The Morgan fingerprint density at radius 1 is 1.16 bits per heavy atom. The number of nitrogens with zero attached hydrogens (tertiary/aromatic N) is 3. The number of carbonyl (C=O) groups excluding carboxylic acids is 1. The molecule has 1 fully saturated rings. The number of guanidine groups is 1. The summed E-state index contributed by atoms with van der Waals surface area (Å²) >= 11 is 0. The molecule has 1 heterocycles. The van der Waals surface area contributed by atoms with Crippen LogP contribution < -0.4 is 10.6 Å². The third-order valence-electron chi connectivity index (χ3n) is 4.61. The summed E-state index contributed by atoms with van der Waals surface area (Å²) in [6.45, 7) is 15.0. The van der Waals surface area contributed by atoms with Crippen LogP contribution in [-0.2, 0) is 9.53 Å². The molecular formula is C18H37N5O2. The van der Waals surface area contributed by atoms with Gasteiger partial charge in [-0.2, -0.15) is 0 Å². The van der Waals surface area contributed by atoms with Gasteiger partial charge in [-0.15, -0.1) is 0 Å². The molecule has 0 aromatic heterocycles. The number of hydrogen-bond acceptors (Lipinski definition) is 4. The van der Waals surface area contributed by atoms with Crippen LogP contribution in [0.4, 0.5) is 0 Å². The first-order chi connectivity index (χ1) is 12.0. The molecule has 0 saturated carbocycles. The Morgan fingerprint density at radius 3 is 2.32 bits per heavy atom. The summed E-state index contributed by atoms with van der Waals surface area (Å²) in [7, 11) is 1.80. The van der Waals surface area contributed by atoms with Gasteiger partial charge in [0.2, 0.25) is 5.91 Å². The zero-order chi connectivity index (χ0) is 18.7. The Balaban J connectivity index is 2.19. The van der Waals surface area contributed by atoms with Gasteiger partial charge >= 0.3 is 0 Å². The van der Waals surface area contributed by atoms with Crippen LogP contribution in [0, 0.1) is 5.92 Å². The summed E-state index contributed by atoms with van der Waals surface area (Å²) in [5.74, 6) is 1.53. The standard InChI is InChI=1S/C18H37N5O2/c1-6-25-17(15(2)3)7-8-20-18(19-5)21-9-10-22-11-13-23(14-12-22)16(4)24/h15,17H,6-14H2,1-5H3,(H2,19,20,21). The third-order valence-corrected chi connectivity index (χ3v) is 4.61. The maximum atomic E-state index is 11.3. The van der Waals surface area contributed by atoms with Crippen molar-refractivity contribution in [1.29, 1.82) is 0 Å². The Bertz CT molecular complexity index is 406. The van der Waals surface area contributed by atoms with Crippen LogP contribution >= 0.6 is 0 Å². The first-order valence-corrected chi connectivity index (χ1v) is 9.51. The average molecular weight is 356 g/mol. The Morgan fingerprint density at radius 2 is 1.80 bits per heavy atom. The third kappa shape index (κ3) is 8.54. The molecular weight excluding hydrogens is 318 g/mol. The van der Waals surface area contributed by atoms with E-state index in [2.05, 4.69) is 34.4 Å². The second-order valence-electron chi connectivity index (χ2n) is 6.80. The van der Waals surface area contributed by atoms with Crippen molar-refractivity contribution in [3.8, 4) is 0 Å². The number of rotatable bonds is 9. The Kier molecular flexibility index (Phi) is 10.5. The van der Waals surface area contributed by atoms with E-state index >= 15 is 0 Å². The van der Waals surface area contributed by atoms with Crippen molar-refractivity contribution in [2.24, 2.45) is 10.9 Å². The minimum absolute atomic E-state index is 0.175. The average Bonchev–Trinajstić information content (AvgIpc) is 2.59. The highest BCUT2D eigenvalue weighted by molar-refractivity contribution is 5.79. The van der Waals surface area contributed by atoms with Crippen molar-refractivity contribution >= 4 is 11.9 Å². The number of amides is 1. The van der Waals surface area contributed by atoms with E-state index in [1.807, 2.05) is 11.8 Å². The van der Waals surface area contributed by atoms with Crippen molar-refractivity contribution in [2.75, 3.05) is 59.5 Å². The summed E-state index contributed by atoms with van der Waals surface area (Å²) in [6, 6.07) is 0. The van der Waals surface area contributed by atoms with E-state index < -0.39 is 0 Å². The highest BCUT2D eigenvalue weighted by Crippen LogP contribution is 2.09. The molecule has 1 saturated heterocycles. The van der Waals surface area contributed by atoms with Gasteiger partial charge in [0.15, 0.2) is 5.96 Å². The lowest BCUT2D eigenvalue weighted by molar-refractivity contribution is -0.130. The zero-order valence-electron chi connectivity index (χ0n) is 16.7. The summed E-state index contributed by atoms with van der Waals surface area (Å²) in [4.78, 5) is 19.9. The fourth-order valence-electron chi connectivity index (χ4n) is 3.00. The molecule has 1 unspecified atom stereocenters. The van der Waals surface area contributed by atoms with Gasteiger partial charge in [0.05, 0.1) is 6.10 Å². The van der Waals surface area contributed by atoms with Gasteiger partial charge in [-0.25, -0.2) is 0 Å². The van der Waals surface area contributed by atoms with Crippen LogP contribution in [0.2, 0.25) is 0 Å². The van der Waals surface area contributed by atoms with Gasteiger partial charge in [0, 0.05) is 66.4 Å². The van der Waals surface area contributed by atoms with Crippen molar-refractivity contribution in [2.45, 2.75) is 40.2 Å². The number of ether oxygens (including phenoxy) is 1. The Hall–Kier alpha value is -1.34. The normalized spacial score (nSPS) is 17.7. The van der Waals surface area contributed by atoms with Crippen molar-refractivity contribution < 1.29 is 9.53 Å². The highest BCUT2D eigenvalue weighted by Gasteiger charge is 2.18. The fraction of sp³-hybridized carbons (Fsp3) is 0.889. The second-order valence-corrected chi connectivity index (χ2v) is 6.80. The van der Waals surface area contributed by atoms with Gasteiger partial charge in [0.1, 0.15) is 0 Å². The topological polar surface area (TPSA) is 69.2 Å².